The molecule has 0 unspecified atom stereocenters. The summed E-state index contributed by atoms with van der Waals surface area (Å²) in [6.07, 6.45) is -0.801. The van der Waals surface area contributed by atoms with Crippen LogP contribution in [0.1, 0.15) is 24.2 Å². The summed E-state index contributed by atoms with van der Waals surface area (Å²) in [6.45, 7) is 4.58. The molecule has 0 saturated carbocycles. The van der Waals surface area contributed by atoms with Crippen molar-refractivity contribution < 1.29 is 14.3 Å². The summed E-state index contributed by atoms with van der Waals surface area (Å²) < 4.78 is 10.6. The van der Waals surface area contributed by atoms with E-state index in [1.54, 1.807) is 12.1 Å². The fourth-order valence-corrected chi connectivity index (χ4v) is 1.56. The van der Waals surface area contributed by atoms with Crippen LogP contribution in [0.25, 0.3) is 0 Å². The summed E-state index contributed by atoms with van der Waals surface area (Å²) in [4.78, 5) is 14.1. The summed E-state index contributed by atoms with van der Waals surface area (Å²) in [7, 11) is 3.92. The van der Waals surface area contributed by atoms with Crippen molar-refractivity contribution in [2.24, 2.45) is 0 Å². The van der Waals surface area contributed by atoms with E-state index in [-0.39, 0.29) is 5.78 Å². The third-order valence-corrected chi connectivity index (χ3v) is 2.52. The first-order chi connectivity index (χ1) is 8.60. The van der Waals surface area contributed by atoms with E-state index in [2.05, 4.69) is 0 Å². The van der Waals surface area contributed by atoms with Crippen molar-refractivity contribution in [3.05, 3.63) is 29.8 Å². The van der Waals surface area contributed by atoms with Crippen molar-refractivity contribution >= 4 is 11.5 Å². The Hall–Kier alpha value is -1.39. The van der Waals surface area contributed by atoms with Crippen LogP contribution >= 0.6 is 0 Å². The fraction of sp³-hybridized carbons (Fsp3) is 0.500. The van der Waals surface area contributed by atoms with Crippen molar-refractivity contribution in [3.8, 4) is 0 Å². The fourth-order valence-electron chi connectivity index (χ4n) is 1.56. The van der Waals surface area contributed by atoms with E-state index in [0.717, 1.165) is 5.69 Å². The Kier molecular flexibility index (Phi) is 5.82. The molecule has 0 atom stereocenters. The van der Waals surface area contributed by atoms with Gasteiger partial charge in [0, 0.05) is 38.6 Å². The van der Waals surface area contributed by atoms with Crippen molar-refractivity contribution in [3.63, 3.8) is 0 Å². The average molecular weight is 251 g/mol. The molecule has 1 aromatic carbocycles. The second-order valence-electron chi connectivity index (χ2n) is 4.05. The van der Waals surface area contributed by atoms with E-state index < -0.39 is 6.29 Å². The molecular formula is C14H21NO3. The van der Waals surface area contributed by atoms with Crippen LogP contribution in [0, 0.1) is 0 Å². The van der Waals surface area contributed by atoms with Gasteiger partial charge in [-0.05, 0) is 38.1 Å². The number of carbonyl (C=O) groups is 1. The Morgan fingerprint density at radius 2 is 1.61 bits per heavy atom. The number of anilines is 1. The zero-order valence-corrected chi connectivity index (χ0v) is 11.5. The van der Waals surface area contributed by atoms with Crippen LogP contribution in [-0.2, 0) is 9.47 Å². The highest BCUT2D eigenvalue weighted by molar-refractivity contribution is 5.98. The molecule has 0 radical (unpaired) electrons. The zero-order chi connectivity index (χ0) is 13.5. The lowest BCUT2D eigenvalue weighted by Gasteiger charge is -2.16. The third kappa shape index (κ3) is 3.82. The molecule has 0 bridgehead atoms. The number of ketones is 1. The number of rotatable bonds is 7. The minimum atomic E-state index is -0.801. The van der Waals surface area contributed by atoms with E-state index in [0.29, 0.717) is 18.8 Å². The lowest BCUT2D eigenvalue weighted by Crippen LogP contribution is -2.27. The molecule has 0 aliphatic carbocycles. The van der Waals surface area contributed by atoms with Gasteiger partial charge in [-0.15, -0.1) is 0 Å². The topological polar surface area (TPSA) is 38.8 Å². The van der Waals surface area contributed by atoms with Crippen molar-refractivity contribution in [2.45, 2.75) is 20.1 Å². The number of Topliss-reactive ketones (excluding diaryl/α,β-unsaturated/α-hetero) is 1. The number of ether oxygens (including phenoxy) is 2. The van der Waals surface area contributed by atoms with Gasteiger partial charge in [-0.25, -0.2) is 0 Å². The van der Waals surface area contributed by atoms with E-state index >= 15 is 0 Å². The summed E-state index contributed by atoms with van der Waals surface area (Å²) in [5, 5.41) is 0. The molecule has 0 amide bonds. The van der Waals surface area contributed by atoms with Crippen LogP contribution in [0.5, 0.6) is 0 Å². The maximum absolute atomic E-state index is 12.1. The summed E-state index contributed by atoms with van der Waals surface area (Å²) in [5.41, 5.74) is 1.66. The molecule has 0 aliphatic heterocycles. The normalized spacial score (nSPS) is 10.7. The first-order valence-electron chi connectivity index (χ1n) is 6.15. The molecule has 0 aliphatic rings. The maximum atomic E-state index is 12.1. The van der Waals surface area contributed by atoms with Crippen LogP contribution in [0.3, 0.4) is 0 Å². The van der Waals surface area contributed by atoms with E-state index in [1.165, 1.54) is 0 Å². The predicted molar refractivity (Wildman–Crippen MR) is 72.1 cm³/mol. The molecule has 1 rings (SSSR count). The molecule has 4 nitrogen and oxygen atoms in total. The number of hydrogen-bond acceptors (Lipinski definition) is 4. The molecule has 0 N–H and O–H groups in total. The van der Waals surface area contributed by atoms with E-state index in [9.17, 15) is 4.79 Å². The summed E-state index contributed by atoms with van der Waals surface area (Å²) in [6, 6.07) is 7.40. The van der Waals surface area contributed by atoms with Gasteiger partial charge in [0.2, 0.25) is 12.1 Å². The van der Waals surface area contributed by atoms with Crippen molar-refractivity contribution in [1.29, 1.82) is 0 Å². The molecule has 0 spiro atoms. The Bertz CT molecular complexity index is 367. The second kappa shape index (κ2) is 7.13. The molecule has 100 valence electrons. The van der Waals surface area contributed by atoms with Gasteiger partial charge in [0.25, 0.3) is 0 Å². The number of benzene rings is 1. The molecular weight excluding hydrogens is 230 g/mol. The van der Waals surface area contributed by atoms with Crippen LogP contribution < -0.4 is 4.90 Å². The lowest BCUT2D eigenvalue weighted by atomic mass is 10.1. The van der Waals surface area contributed by atoms with Gasteiger partial charge in [-0.3, -0.25) is 4.79 Å². The van der Waals surface area contributed by atoms with E-state index in [1.807, 2.05) is 45.0 Å². The van der Waals surface area contributed by atoms with E-state index in [4.69, 9.17) is 9.47 Å². The molecule has 0 saturated heterocycles. The Balaban J connectivity index is 2.81. The highest BCUT2D eigenvalue weighted by Gasteiger charge is 2.20. The molecule has 4 heteroatoms. The highest BCUT2D eigenvalue weighted by Crippen LogP contribution is 2.14. The second-order valence-corrected chi connectivity index (χ2v) is 4.05. The Morgan fingerprint density at radius 3 is 2.00 bits per heavy atom. The van der Waals surface area contributed by atoms with Gasteiger partial charge < -0.3 is 14.4 Å². The SMILES string of the molecule is CCOC(OCC)C(=O)c1ccc(N(C)C)cc1. The van der Waals surface area contributed by atoms with Gasteiger partial charge in [0.15, 0.2) is 0 Å². The minimum Gasteiger partial charge on any atom is -0.378 e. The number of carbonyl (C=O) groups excluding carboxylic acids is 1. The monoisotopic (exact) mass is 251 g/mol. The predicted octanol–water partition coefficient (Wildman–Crippen LogP) is 2.33. The van der Waals surface area contributed by atoms with Gasteiger partial charge in [0.1, 0.15) is 0 Å². The van der Waals surface area contributed by atoms with Crippen molar-refractivity contribution in [1.82, 2.24) is 0 Å². The van der Waals surface area contributed by atoms with Crippen LogP contribution in [0.15, 0.2) is 24.3 Å². The van der Waals surface area contributed by atoms with Gasteiger partial charge in [-0.2, -0.15) is 0 Å². The molecule has 0 heterocycles. The van der Waals surface area contributed by atoms with Crippen LogP contribution in [0.4, 0.5) is 5.69 Å². The zero-order valence-electron chi connectivity index (χ0n) is 11.5. The van der Waals surface area contributed by atoms with Gasteiger partial charge >= 0.3 is 0 Å². The first-order valence-corrected chi connectivity index (χ1v) is 6.15. The Labute approximate surface area is 108 Å². The molecule has 0 fully saturated rings. The highest BCUT2D eigenvalue weighted by atomic mass is 16.7. The Morgan fingerprint density at radius 1 is 1.11 bits per heavy atom. The van der Waals surface area contributed by atoms with Crippen LogP contribution in [-0.4, -0.2) is 39.4 Å². The maximum Gasteiger partial charge on any atom is 0.222 e. The molecule has 0 aromatic heterocycles. The number of hydrogen-bond donors (Lipinski definition) is 0. The lowest BCUT2D eigenvalue weighted by molar-refractivity contribution is -0.107. The first kappa shape index (κ1) is 14.7. The summed E-state index contributed by atoms with van der Waals surface area (Å²) in [5.74, 6) is -0.135. The minimum absolute atomic E-state index is 0.135. The molecule has 18 heavy (non-hydrogen) atoms. The van der Waals surface area contributed by atoms with Gasteiger partial charge in [0.05, 0.1) is 0 Å². The van der Waals surface area contributed by atoms with Crippen molar-refractivity contribution in [2.75, 3.05) is 32.2 Å². The smallest absolute Gasteiger partial charge is 0.222 e. The largest absolute Gasteiger partial charge is 0.378 e. The number of nitrogens with zero attached hydrogens (tertiary/aromatic N) is 1. The molecule has 1 aromatic rings. The average Bonchev–Trinajstić information content (AvgIpc) is 2.38. The third-order valence-electron chi connectivity index (χ3n) is 2.52. The van der Waals surface area contributed by atoms with Crippen LogP contribution in [0.2, 0.25) is 0 Å². The quantitative estimate of drug-likeness (QED) is 0.551. The van der Waals surface area contributed by atoms with Gasteiger partial charge in [-0.1, -0.05) is 0 Å². The summed E-state index contributed by atoms with van der Waals surface area (Å²) >= 11 is 0. The standard InChI is InChI=1S/C14H21NO3/c1-5-17-14(18-6-2)13(16)11-7-9-12(10-8-11)15(3)4/h7-10,14H,5-6H2,1-4H3.